The third-order valence-corrected chi connectivity index (χ3v) is 2.25. The summed E-state index contributed by atoms with van der Waals surface area (Å²) < 4.78 is 5.12. The van der Waals surface area contributed by atoms with Gasteiger partial charge in [0, 0.05) is 0 Å². The van der Waals surface area contributed by atoms with Gasteiger partial charge in [-0.3, -0.25) is 9.59 Å². The van der Waals surface area contributed by atoms with E-state index in [0.717, 1.165) is 0 Å². The smallest absolute Gasteiger partial charge is 0.408 e. The molecule has 0 aliphatic rings. The molecule has 115 valence electrons. The molecule has 2 N–H and O–H groups in total. The maximum Gasteiger partial charge on any atom is 0.408 e. The zero-order valence-electron chi connectivity index (χ0n) is 13.1. The Balaban J connectivity index is 4.67. The normalized spacial score (nSPS) is 14.3. The van der Waals surface area contributed by atoms with E-state index in [9.17, 15) is 14.4 Å². The molecule has 0 fully saturated rings. The molecule has 0 bridgehead atoms. The Bertz CT molecular complexity index is 348. The number of amides is 2. The van der Waals surface area contributed by atoms with Crippen LogP contribution >= 0.6 is 0 Å². The molecule has 0 unspecified atom stereocenters. The second-order valence-corrected chi connectivity index (χ2v) is 6.18. The number of carbonyl (C=O) groups is 2. The van der Waals surface area contributed by atoms with Gasteiger partial charge in [0.15, 0.2) is 0 Å². The zero-order chi connectivity index (χ0) is 15.9. The van der Waals surface area contributed by atoms with Crippen molar-refractivity contribution in [1.82, 2.24) is 10.6 Å². The van der Waals surface area contributed by atoms with Crippen molar-refractivity contribution in [3.05, 3.63) is 0 Å². The van der Waals surface area contributed by atoms with Gasteiger partial charge in [-0.05, 0) is 40.0 Å². The monoisotopic (exact) mass is 285 g/mol. The molecule has 0 aliphatic carbocycles. The third kappa shape index (κ3) is 8.50. The lowest BCUT2D eigenvalue weighted by atomic mass is 10.0. The van der Waals surface area contributed by atoms with E-state index in [-0.39, 0.29) is 5.92 Å². The standard InChI is InChI=1S/C14H25N2O4/c1-9(2)7-11(12(18)15-10(3)8-17)16-13(19)20-14(4,5)6/h9-11H,7H2,1-6H3,(H,15,18)(H,16,19)/t10-,11-/m0/s1. The van der Waals surface area contributed by atoms with Crippen LogP contribution in [0.15, 0.2) is 0 Å². The van der Waals surface area contributed by atoms with Crippen molar-refractivity contribution in [3.8, 4) is 0 Å². The molecular weight excluding hydrogens is 260 g/mol. The lowest BCUT2D eigenvalue weighted by Gasteiger charge is -2.24. The fourth-order valence-corrected chi connectivity index (χ4v) is 1.50. The first-order valence-corrected chi connectivity index (χ1v) is 6.72. The van der Waals surface area contributed by atoms with Crippen LogP contribution in [0.1, 0.15) is 48.0 Å². The molecule has 0 heterocycles. The van der Waals surface area contributed by atoms with Crippen LogP contribution in [0, 0.1) is 5.92 Å². The summed E-state index contributed by atoms with van der Waals surface area (Å²) in [5.41, 5.74) is -0.632. The average Bonchev–Trinajstić information content (AvgIpc) is 2.24. The van der Waals surface area contributed by atoms with Gasteiger partial charge in [-0.25, -0.2) is 4.79 Å². The van der Waals surface area contributed by atoms with E-state index in [1.54, 1.807) is 27.1 Å². The summed E-state index contributed by atoms with van der Waals surface area (Å²) in [4.78, 5) is 34.2. The molecule has 6 heteroatoms. The fraction of sp³-hybridized carbons (Fsp3) is 0.786. The summed E-state index contributed by atoms with van der Waals surface area (Å²) in [6.07, 6.45) is 1.47. The molecule has 0 aromatic heterocycles. The van der Waals surface area contributed by atoms with Gasteiger partial charge >= 0.3 is 6.09 Å². The van der Waals surface area contributed by atoms with Crippen molar-refractivity contribution in [3.63, 3.8) is 0 Å². The molecule has 0 aromatic rings. The van der Waals surface area contributed by atoms with Gasteiger partial charge in [-0.2, -0.15) is 0 Å². The number of nitrogens with one attached hydrogen (secondary N) is 2. The molecule has 0 spiro atoms. The number of rotatable bonds is 6. The molecule has 6 nitrogen and oxygen atoms in total. The van der Waals surface area contributed by atoms with Crippen LogP contribution in [-0.2, 0) is 14.3 Å². The Labute approximate surface area is 120 Å². The molecule has 0 aliphatic heterocycles. The van der Waals surface area contributed by atoms with Crippen molar-refractivity contribution in [1.29, 1.82) is 0 Å². The summed E-state index contributed by atoms with van der Waals surface area (Å²) in [6, 6.07) is -1.45. The minimum absolute atomic E-state index is 0.205. The summed E-state index contributed by atoms with van der Waals surface area (Å²) in [6.45, 7) is 10.6. The van der Waals surface area contributed by atoms with E-state index in [4.69, 9.17) is 4.74 Å². The van der Waals surface area contributed by atoms with Crippen LogP contribution in [0.25, 0.3) is 0 Å². The summed E-state index contributed by atoms with van der Waals surface area (Å²) >= 11 is 0. The second kappa shape index (κ2) is 7.87. The van der Waals surface area contributed by atoms with Gasteiger partial charge < -0.3 is 15.4 Å². The Morgan fingerprint density at radius 3 is 2.10 bits per heavy atom. The lowest BCUT2D eigenvalue weighted by Crippen LogP contribution is -2.50. The zero-order valence-corrected chi connectivity index (χ0v) is 13.1. The van der Waals surface area contributed by atoms with Gasteiger partial charge in [0.05, 0.1) is 6.04 Å². The molecular formula is C14H25N2O4. The van der Waals surface area contributed by atoms with Crippen LogP contribution in [-0.4, -0.2) is 36.0 Å². The van der Waals surface area contributed by atoms with Crippen LogP contribution in [0.2, 0.25) is 0 Å². The van der Waals surface area contributed by atoms with Crippen molar-refractivity contribution in [2.45, 2.75) is 65.6 Å². The van der Waals surface area contributed by atoms with E-state index in [1.807, 2.05) is 13.8 Å². The van der Waals surface area contributed by atoms with E-state index < -0.39 is 29.7 Å². The highest BCUT2D eigenvalue weighted by molar-refractivity contribution is 5.87. The summed E-state index contributed by atoms with van der Waals surface area (Å²) in [7, 11) is 0. The van der Waals surface area contributed by atoms with E-state index in [1.165, 1.54) is 6.92 Å². The molecule has 0 saturated carbocycles. The molecule has 0 aromatic carbocycles. The maximum atomic E-state index is 12.0. The Morgan fingerprint density at radius 2 is 1.70 bits per heavy atom. The highest BCUT2D eigenvalue weighted by Gasteiger charge is 2.25. The van der Waals surface area contributed by atoms with Crippen LogP contribution < -0.4 is 10.6 Å². The minimum atomic E-state index is -0.736. The number of alkyl carbamates (subject to hydrolysis) is 1. The molecule has 1 radical (unpaired) electrons. The Morgan fingerprint density at radius 1 is 1.15 bits per heavy atom. The first-order chi connectivity index (χ1) is 9.05. The second-order valence-electron chi connectivity index (χ2n) is 6.18. The number of ether oxygens (including phenoxy) is 1. The highest BCUT2D eigenvalue weighted by atomic mass is 16.6. The van der Waals surface area contributed by atoms with E-state index in [2.05, 4.69) is 10.6 Å². The SMILES string of the molecule is CC(C)C[C@H](NC(=O)OC(C)(C)C)C(=O)N[C@@H](C)[C]=O. The minimum Gasteiger partial charge on any atom is -0.444 e. The van der Waals surface area contributed by atoms with Gasteiger partial charge in [0.1, 0.15) is 11.6 Å². The fourth-order valence-electron chi connectivity index (χ4n) is 1.50. The van der Waals surface area contributed by atoms with Crippen LogP contribution in [0.4, 0.5) is 4.79 Å². The predicted octanol–water partition coefficient (Wildman–Crippen LogP) is 1.54. The topological polar surface area (TPSA) is 84.5 Å². The van der Waals surface area contributed by atoms with Crippen LogP contribution in [0.5, 0.6) is 0 Å². The van der Waals surface area contributed by atoms with Crippen molar-refractivity contribution in [2.75, 3.05) is 0 Å². The van der Waals surface area contributed by atoms with Gasteiger partial charge in [0.25, 0.3) is 0 Å². The van der Waals surface area contributed by atoms with Gasteiger partial charge in [-0.1, -0.05) is 13.8 Å². The quantitative estimate of drug-likeness (QED) is 0.775. The Hall–Kier alpha value is -1.59. The first-order valence-electron chi connectivity index (χ1n) is 6.72. The van der Waals surface area contributed by atoms with E-state index >= 15 is 0 Å². The maximum absolute atomic E-state index is 12.0. The molecule has 0 rings (SSSR count). The molecule has 2 amide bonds. The molecule has 20 heavy (non-hydrogen) atoms. The largest absolute Gasteiger partial charge is 0.444 e. The molecule has 0 saturated heterocycles. The summed E-state index contributed by atoms with van der Waals surface area (Å²) in [5, 5.41) is 5.00. The van der Waals surface area contributed by atoms with E-state index in [0.29, 0.717) is 6.42 Å². The molecule has 2 atom stereocenters. The van der Waals surface area contributed by atoms with Crippen LogP contribution in [0.3, 0.4) is 0 Å². The summed E-state index contributed by atoms with van der Waals surface area (Å²) in [5.74, 6) is -0.211. The number of hydrogen-bond donors (Lipinski definition) is 2. The number of hydrogen-bond acceptors (Lipinski definition) is 4. The highest BCUT2D eigenvalue weighted by Crippen LogP contribution is 2.09. The van der Waals surface area contributed by atoms with Crippen molar-refractivity contribution < 1.29 is 19.1 Å². The van der Waals surface area contributed by atoms with Gasteiger partial charge in [-0.15, -0.1) is 0 Å². The van der Waals surface area contributed by atoms with Crippen molar-refractivity contribution in [2.24, 2.45) is 5.92 Å². The van der Waals surface area contributed by atoms with Gasteiger partial charge in [0.2, 0.25) is 12.2 Å². The Kier molecular flexibility index (Phi) is 7.24. The first kappa shape index (κ1) is 18.4. The average molecular weight is 285 g/mol. The number of carbonyl (C=O) groups excluding carboxylic acids is 3. The lowest BCUT2D eigenvalue weighted by molar-refractivity contribution is -0.123. The third-order valence-electron chi connectivity index (χ3n) is 2.25. The predicted molar refractivity (Wildman–Crippen MR) is 75.9 cm³/mol. The van der Waals surface area contributed by atoms with Crippen molar-refractivity contribution >= 4 is 18.3 Å².